The third kappa shape index (κ3) is 4.56. The molecule has 2 N–H and O–H groups in total. The van der Waals surface area contributed by atoms with E-state index in [4.69, 9.17) is 14.6 Å². The van der Waals surface area contributed by atoms with Gasteiger partial charge >= 0.3 is 5.97 Å². The Hall–Kier alpha value is -3.61. The fourth-order valence-electron chi connectivity index (χ4n) is 2.77. The van der Waals surface area contributed by atoms with Crippen molar-refractivity contribution in [2.45, 2.75) is 19.4 Å². The molecule has 0 saturated carbocycles. The highest BCUT2D eigenvalue weighted by atomic mass is 16.5. The minimum atomic E-state index is -0.852. The van der Waals surface area contributed by atoms with Gasteiger partial charge in [-0.25, -0.2) is 9.97 Å². The van der Waals surface area contributed by atoms with Crippen LogP contribution in [0.3, 0.4) is 0 Å². The Kier molecular flexibility index (Phi) is 6.06. The number of phenolic OH excluding ortho intramolecular Hbond substituents is 1. The summed E-state index contributed by atoms with van der Waals surface area (Å²) in [5.41, 5.74) is 2.04. The lowest BCUT2D eigenvalue weighted by atomic mass is 10.1. The molecule has 144 valence electrons. The summed E-state index contributed by atoms with van der Waals surface area (Å²) in [4.78, 5) is 19.6. The number of benzene rings is 2. The molecular formula is C21H20N2O5. The van der Waals surface area contributed by atoms with E-state index >= 15 is 0 Å². The van der Waals surface area contributed by atoms with Crippen LogP contribution < -0.4 is 9.47 Å². The number of aromatic hydroxyl groups is 1. The molecule has 0 amide bonds. The molecule has 0 spiro atoms. The predicted octanol–water partition coefficient (Wildman–Crippen LogP) is 3.45. The molecule has 3 aromatic rings. The molecular weight excluding hydrogens is 360 g/mol. The van der Waals surface area contributed by atoms with E-state index in [-0.39, 0.29) is 18.8 Å². The summed E-state index contributed by atoms with van der Waals surface area (Å²) in [5, 5.41) is 18.8. The number of para-hydroxylation sites is 2. The van der Waals surface area contributed by atoms with Crippen molar-refractivity contribution in [3.05, 3.63) is 66.0 Å². The molecule has 1 heterocycles. The van der Waals surface area contributed by atoms with Gasteiger partial charge in [0.05, 0.1) is 18.4 Å². The van der Waals surface area contributed by atoms with Crippen LogP contribution in [-0.4, -0.2) is 33.3 Å². The fourth-order valence-corrected chi connectivity index (χ4v) is 2.77. The van der Waals surface area contributed by atoms with Crippen LogP contribution in [0, 0.1) is 0 Å². The van der Waals surface area contributed by atoms with Gasteiger partial charge in [0.1, 0.15) is 12.4 Å². The topological polar surface area (TPSA) is 102 Å². The first kappa shape index (κ1) is 19.2. The van der Waals surface area contributed by atoms with E-state index in [9.17, 15) is 9.90 Å². The normalized spacial score (nSPS) is 10.5. The standard InChI is InChI=1S/C21H20N2O5/c1-27-20-16(6-4-7-17(20)24)21-22-12-11-15(23-21)13-28-18-8-3-2-5-14(18)9-10-19(25)26/h2-8,11-12,24H,9-10,13H2,1H3,(H,25,26). The smallest absolute Gasteiger partial charge is 0.303 e. The lowest BCUT2D eigenvalue weighted by Gasteiger charge is -2.12. The number of phenols is 1. The van der Waals surface area contributed by atoms with Crippen molar-refractivity contribution in [2.24, 2.45) is 0 Å². The molecule has 1 aromatic heterocycles. The summed E-state index contributed by atoms with van der Waals surface area (Å²) in [6.45, 7) is 0.195. The number of rotatable bonds is 8. The Morgan fingerprint density at radius 1 is 1.11 bits per heavy atom. The van der Waals surface area contributed by atoms with Gasteiger partial charge in [-0.15, -0.1) is 0 Å². The van der Waals surface area contributed by atoms with Crippen molar-refractivity contribution in [1.29, 1.82) is 0 Å². The summed E-state index contributed by atoms with van der Waals surface area (Å²) in [7, 11) is 1.47. The second kappa shape index (κ2) is 8.85. The first-order chi connectivity index (χ1) is 13.6. The Morgan fingerprint density at radius 3 is 2.71 bits per heavy atom. The number of aryl methyl sites for hydroxylation is 1. The van der Waals surface area contributed by atoms with E-state index < -0.39 is 5.97 Å². The number of hydrogen-bond donors (Lipinski definition) is 2. The molecule has 0 radical (unpaired) electrons. The molecule has 7 heteroatoms. The summed E-state index contributed by atoms with van der Waals surface area (Å²) >= 11 is 0. The third-order valence-electron chi connectivity index (χ3n) is 4.11. The number of carbonyl (C=O) groups is 1. The quantitative estimate of drug-likeness (QED) is 0.617. The van der Waals surface area contributed by atoms with Crippen LogP contribution in [0.4, 0.5) is 0 Å². The van der Waals surface area contributed by atoms with Gasteiger partial charge in [0, 0.05) is 12.6 Å². The summed E-state index contributed by atoms with van der Waals surface area (Å²) in [5.74, 6) is 0.499. The van der Waals surface area contributed by atoms with Crippen molar-refractivity contribution in [3.63, 3.8) is 0 Å². The van der Waals surface area contributed by atoms with Crippen LogP contribution in [0.25, 0.3) is 11.4 Å². The van der Waals surface area contributed by atoms with Gasteiger partial charge in [0.25, 0.3) is 0 Å². The van der Waals surface area contributed by atoms with E-state index in [1.807, 2.05) is 18.2 Å². The number of carboxylic acid groups (broad SMARTS) is 1. The minimum Gasteiger partial charge on any atom is -0.504 e. The van der Waals surface area contributed by atoms with Gasteiger partial charge in [-0.05, 0) is 36.2 Å². The highest BCUT2D eigenvalue weighted by Gasteiger charge is 2.13. The number of aromatic nitrogens is 2. The first-order valence-corrected chi connectivity index (χ1v) is 8.69. The van der Waals surface area contributed by atoms with Crippen molar-refractivity contribution < 1.29 is 24.5 Å². The Morgan fingerprint density at radius 2 is 1.93 bits per heavy atom. The molecule has 0 aliphatic carbocycles. The zero-order chi connectivity index (χ0) is 19.9. The van der Waals surface area contributed by atoms with Gasteiger partial charge in [0.2, 0.25) is 0 Å². The molecule has 0 bridgehead atoms. The Balaban J connectivity index is 1.78. The maximum Gasteiger partial charge on any atom is 0.303 e. The Bertz CT molecular complexity index is 975. The number of hydrogen-bond acceptors (Lipinski definition) is 6. The second-order valence-corrected chi connectivity index (χ2v) is 6.02. The highest BCUT2D eigenvalue weighted by Crippen LogP contribution is 2.35. The van der Waals surface area contributed by atoms with Crippen molar-refractivity contribution in [1.82, 2.24) is 9.97 Å². The van der Waals surface area contributed by atoms with Crippen LogP contribution in [-0.2, 0) is 17.8 Å². The molecule has 7 nitrogen and oxygen atoms in total. The monoisotopic (exact) mass is 380 g/mol. The zero-order valence-electron chi connectivity index (χ0n) is 15.3. The molecule has 0 atom stereocenters. The van der Waals surface area contributed by atoms with Crippen LogP contribution in [0.1, 0.15) is 17.7 Å². The van der Waals surface area contributed by atoms with Gasteiger partial charge < -0.3 is 19.7 Å². The van der Waals surface area contributed by atoms with E-state index in [2.05, 4.69) is 9.97 Å². The molecule has 2 aromatic carbocycles. The van der Waals surface area contributed by atoms with Gasteiger partial charge in [0.15, 0.2) is 17.3 Å². The average Bonchev–Trinajstić information content (AvgIpc) is 2.71. The molecule has 0 aliphatic rings. The molecule has 28 heavy (non-hydrogen) atoms. The second-order valence-electron chi connectivity index (χ2n) is 6.02. The predicted molar refractivity (Wildman–Crippen MR) is 102 cm³/mol. The SMILES string of the molecule is COc1c(O)cccc1-c1nccc(COc2ccccc2CCC(=O)O)n1. The van der Waals surface area contributed by atoms with Gasteiger partial charge in [-0.3, -0.25) is 4.79 Å². The van der Waals surface area contributed by atoms with E-state index in [1.54, 1.807) is 30.5 Å². The van der Waals surface area contributed by atoms with E-state index in [0.29, 0.717) is 35.0 Å². The third-order valence-corrected chi connectivity index (χ3v) is 4.11. The summed E-state index contributed by atoms with van der Waals surface area (Å²) in [6.07, 6.45) is 2.04. The summed E-state index contributed by atoms with van der Waals surface area (Å²) in [6, 6.07) is 14.1. The van der Waals surface area contributed by atoms with Crippen molar-refractivity contribution in [3.8, 4) is 28.6 Å². The fraction of sp³-hybridized carbons (Fsp3) is 0.190. The molecule has 3 rings (SSSR count). The molecule has 0 saturated heterocycles. The number of aliphatic carboxylic acids is 1. The highest BCUT2D eigenvalue weighted by molar-refractivity contribution is 5.68. The van der Waals surface area contributed by atoms with Crippen LogP contribution in [0.5, 0.6) is 17.2 Å². The lowest BCUT2D eigenvalue weighted by Crippen LogP contribution is -2.04. The van der Waals surface area contributed by atoms with Crippen LogP contribution in [0.2, 0.25) is 0 Å². The van der Waals surface area contributed by atoms with Crippen molar-refractivity contribution >= 4 is 5.97 Å². The minimum absolute atomic E-state index is 0.0117. The van der Waals surface area contributed by atoms with Crippen LogP contribution in [0.15, 0.2) is 54.7 Å². The van der Waals surface area contributed by atoms with Crippen molar-refractivity contribution in [2.75, 3.05) is 7.11 Å². The maximum atomic E-state index is 10.8. The van der Waals surface area contributed by atoms with Gasteiger partial charge in [-0.1, -0.05) is 24.3 Å². The first-order valence-electron chi connectivity index (χ1n) is 8.69. The number of ether oxygens (including phenoxy) is 2. The molecule has 0 fully saturated rings. The van der Waals surface area contributed by atoms with E-state index in [0.717, 1.165) is 5.56 Å². The average molecular weight is 380 g/mol. The lowest BCUT2D eigenvalue weighted by molar-refractivity contribution is -0.136. The number of nitrogens with zero attached hydrogens (tertiary/aromatic N) is 2. The van der Waals surface area contributed by atoms with Crippen LogP contribution >= 0.6 is 0 Å². The molecule has 0 aliphatic heterocycles. The van der Waals surface area contributed by atoms with E-state index in [1.165, 1.54) is 13.2 Å². The summed E-state index contributed by atoms with van der Waals surface area (Å²) < 4.78 is 11.1. The maximum absolute atomic E-state index is 10.8. The Labute approximate surface area is 162 Å². The zero-order valence-corrected chi connectivity index (χ0v) is 15.3. The number of methoxy groups -OCH3 is 1. The van der Waals surface area contributed by atoms with Gasteiger partial charge in [-0.2, -0.15) is 0 Å². The largest absolute Gasteiger partial charge is 0.504 e. The number of carboxylic acids is 1. The molecule has 0 unspecified atom stereocenters.